The Morgan fingerprint density at radius 1 is 1.24 bits per heavy atom. The highest BCUT2D eigenvalue weighted by atomic mass is 79.9. The SMILES string of the molecule is N#CN(C(=O)C=Cc1cccc(Br)n1)[C@H](c1ccccc1)C1CCC1. The largest absolute Gasteiger partial charge is 0.269 e. The van der Waals surface area contributed by atoms with Crippen molar-refractivity contribution in [3.63, 3.8) is 0 Å². The molecule has 1 aromatic heterocycles. The molecule has 0 aliphatic heterocycles. The number of amides is 1. The zero-order valence-electron chi connectivity index (χ0n) is 13.7. The Hall–Kier alpha value is -2.45. The van der Waals surface area contributed by atoms with Crippen LogP contribution in [0.3, 0.4) is 0 Å². The van der Waals surface area contributed by atoms with Crippen molar-refractivity contribution in [3.8, 4) is 6.19 Å². The van der Waals surface area contributed by atoms with Crippen LogP contribution in [-0.4, -0.2) is 15.8 Å². The lowest BCUT2D eigenvalue weighted by Crippen LogP contribution is -2.36. The molecule has 126 valence electrons. The highest BCUT2D eigenvalue weighted by Crippen LogP contribution is 2.41. The van der Waals surface area contributed by atoms with Crippen molar-refractivity contribution < 1.29 is 4.79 Å². The lowest BCUT2D eigenvalue weighted by molar-refractivity contribution is -0.126. The first-order valence-electron chi connectivity index (χ1n) is 8.27. The molecule has 1 atom stereocenters. The third-order valence-corrected chi connectivity index (χ3v) is 4.94. The molecular weight excluding hydrogens is 378 g/mol. The summed E-state index contributed by atoms with van der Waals surface area (Å²) in [4.78, 5) is 18.2. The molecule has 4 nitrogen and oxygen atoms in total. The molecule has 1 amide bonds. The summed E-state index contributed by atoms with van der Waals surface area (Å²) in [6.45, 7) is 0. The predicted octanol–water partition coefficient (Wildman–Crippen LogP) is 4.71. The second-order valence-corrected chi connectivity index (χ2v) is 6.89. The summed E-state index contributed by atoms with van der Waals surface area (Å²) in [5, 5.41) is 9.64. The number of halogens is 1. The Morgan fingerprint density at radius 2 is 2.00 bits per heavy atom. The van der Waals surface area contributed by atoms with Gasteiger partial charge in [-0.1, -0.05) is 42.8 Å². The molecular formula is C20H18BrN3O. The smallest absolute Gasteiger partial charge is 0.260 e. The number of aromatic nitrogens is 1. The van der Waals surface area contributed by atoms with Gasteiger partial charge in [-0.05, 0) is 58.5 Å². The zero-order chi connectivity index (χ0) is 17.6. The fourth-order valence-corrected chi connectivity index (χ4v) is 3.40. The molecule has 1 aromatic carbocycles. The Bertz CT molecular complexity index is 809. The van der Waals surface area contributed by atoms with E-state index in [0.29, 0.717) is 16.2 Å². The molecule has 1 heterocycles. The van der Waals surface area contributed by atoms with Gasteiger partial charge in [-0.3, -0.25) is 4.79 Å². The van der Waals surface area contributed by atoms with Crippen LogP contribution < -0.4 is 0 Å². The number of hydrogen-bond donors (Lipinski definition) is 0. The van der Waals surface area contributed by atoms with E-state index in [1.807, 2.05) is 48.5 Å². The van der Waals surface area contributed by atoms with Crippen LogP contribution in [0, 0.1) is 17.4 Å². The molecule has 0 spiro atoms. The van der Waals surface area contributed by atoms with Gasteiger partial charge in [0, 0.05) is 6.08 Å². The monoisotopic (exact) mass is 395 g/mol. The molecule has 0 bridgehead atoms. The highest BCUT2D eigenvalue weighted by molar-refractivity contribution is 9.10. The first kappa shape index (κ1) is 17.4. The summed E-state index contributed by atoms with van der Waals surface area (Å²) < 4.78 is 0.705. The van der Waals surface area contributed by atoms with Crippen LogP contribution in [0.15, 0.2) is 59.2 Å². The van der Waals surface area contributed by atoms with Gasteiger partial charge in [0.05, 0.1) is 11.7 Å². The maximum atomic E-state index is 12.7. The average molecular weight is 396 g/mol. The zero-order valence-corrected chi connectivity index (χ0v) is 15.3. The lowest BCUT2D eigenvalue weighted by atomic mass is 9.76. The number of nitriles is 1. The number of rotatable bonds is 5. The number of pyridine rings is 1. The van der Waals surface area contributed by atoms with Crippen molar-refractivity contribution in [2.24, 2.45) is 5.92 Å². The highest BCUT2D eigenvalue weighted by Gasteiger charge is 2.35. The molecule has 0 radical (unpaired) electrons. The van der Waals surface area contributed by atoms with Crippen molar-refractivity contribution in [2.75, 3.05) is 0 Å². The summed E-state index contributed by atoms with van der Waals surface area (Å²) in [6.07, 6.45) is 8.40. The van der Waals surface area contributed by atoms with Crippen LogP contribution >= 0.6 is 15.9 Å². The molecule has 3 rings (SSSR count). The third kappa shape index (κ3) is 4.15. The topological polar surface area (TPSA) is 57.0 Å². The van der Waals surface area contributed by atoms with Crippen LogP contribution in [0.25, 0.3) is 6.08 Å². The van der Waals surface area contributed by atoms with Crippen molar-refractivity contribution in [3.05, 3.63) is 70.5 Å². The molecule has 0 unspecified atom stereocenters. The van der Waals surface area contributed by atoms with E-state index in [2.05, 4.69) is 27.1 Å². The maximum Gasteiger partial charge on any atom is 0.260 e. The van der Waals surface area contributed by atoms with Gasteiger partial charge < -0.3 is 0 Å². The Labute approximate surface area is 155 Å². The van der Waals surface area contributed by atoms with E-state index in [1.165, 1.54) is 11.0 Å². The van der Waals surface area contributed by atoms with Gasteiger partial charge in [0.1, 0.15) is 4.60 Å². The lowest BCUT2D eigenvalue weighted by Gasteiger charge is -2.37. The van der Waals surface area contributed by atoms with E-state index in [1.54, 1.807) is 6.08 Å². The van der Waals surface area contributed by atoms with Crippen molar-refractivity contribution >= 4 is 27.9 Å². The minimum absolute atomic E-state index is 0.201. The summed E-state index contributed by atoms with van der Waals surface area (Å²) >= 11 is 3.31. The van der Waals surface area contributed by atoms with Gasteiger partial charge in [-0.15, -0.1) is 0 Å². The van der Waals surface area contributed by atoms with E-state index in [0.717, 1.165) is 24.8 Å². The van der Waals surface area contributed by atoms with Crippen LogP contribution in [0.4, 0.5) is 0 Å². The van der Waals surface area contributed by atoms with Gasteiger partial charge in [-0.2, -0.15) is 5.26 Å². The summed E-state index contributed by atoms with van der Waals surface area (Å²) in [5.74, 6) is 0.0217. The van der Waals surface area contributed by atoms with Gasteiger partial charge >= 0.3 is 0 Å². The number of benzene rings is 1. The first-order chi connectivity index (χ1) is 12.2. The molecule has 0 N–H and O–H groups in total. The summed E-state index contributed by atoms with van der Waals surface area (Å²) in [6, 6.07) is 15.1. The van der Waals surface area contributed by atoms with Crippen molar-refractivity contribution in [1.29, 1.82) is 5.26 Å². The van der Waals surface area contributed by atoms with Gasteiger partial charge in [0.2, 0.25) is 0 Å². The number of nitrogens with zero attached hydrogens (tertiary/aromatic N) is 3. The fraction of sp³-hybridized carbons (Fsp3) is 0.250. The molecule has 25 heavy (non-hydrogen) atoms. The molecule has 1 fully saturated rings. The van der Waals surface area contributed by atoms with E-state index >= 15 is 0 Å². The third-order valence-electron chi connectivity index (χ3n) is 4.49. The minimum Gasteiger partial charge on any atom is -0.269 e. The van der Waals surface area contributed by atoms with Crippen molar-refractivity contribution in [2.45, 2.75) is 25.3 Å². The number of carbonyl (C=O) groups excluding carboxylic acids is 1. The Balaban J connectivity index is 1.83. The van der Waals surface area contributed by atoms with E-state index in [9.17, 15) is 10.1 Å². The van der Waals surface area contributed by atoms with Crippen LogP contribution in [0.2, 0.25) is 0 Å². The second-order valence-electron chi connectivity index (χ2n) is 6.07. The first-order valence-corrected chi connectivity index (χ1v) is 9.07. The number of hydrogen-bond acceptors (Lipinski definition) is 3. The molecule has 5 heteroatoms. The van der Waals surface area contributed by atoms with Gasteiger partial charge in [0.15, 0.2) is 6.19 Å². The minimum atomic E-state index is -0.315. The molecule has 1 saturated carbocycles. The normalized spacial score (nSPS) is 15.4. The summed E-state index contributed by atoms with van der Waals surface area (Å²) in [7, 11) is 0. The standard InChI is InChI=1S/C20H18BrN3O/c21-18-11-5-10-17(23-18)12-13-19(25)24(14-22)20(16-8-4-9-16)15-6-2-1-3-7-15/h1-3,5-7,10-13,16,20H,4,8-9H2/t20-/m1/s1. The van der Waals surface area contributed by atoms with Crippen LogP contribution in [-0.2, 0) is 4.79 Å². The Morgan fingerprint density at radius 3 is 2.60 bits per heavy atom. The van der Waals surface area contributed by atoms with E-state index in [4.69, 9.17) is 0 Å². The number of carbonyl (C=O) groups is 1. The maximum absolute atomic E-state index is 12.7. The van der Waals surface area contributed by atoms with Crippen LogP contribution in [0.1, 0.15) is 36.6 Å². The van der Waals surface area contributed by atoms with Gasteiger partial charge in [-0.25, -0.2) is 9.88 Å². The van der Waals surface area contributed by atoms with E-state index in [-0.39, 0.29) is 11.9 Å². The molecule has 2 aromatic rings. The van der Waals surface area contributed by atoms with E-state index < -0.39 is 0 Å². The predicted molar refractivity (Wildman–Crippen MR) is 100.0 cm³/mol. The fourth-order valence-electron chi connectivity index (χ4n) is 3.04. The Kier molecular flexibility index (Phi) is 5.62. The van der Waals surface area contributed by atoms with Crippen molar-refractivity contribution in [1.82, 2.24) is 9.88 Å². The molecule has 1 aliphatic rings. The molecule has 0 saturated heterocycles. The van der Waals surface area contributed by atoms with Crippen LogP contribution in [0.5, 0.6) is 0 Å². The van der Waals surface area contributed by atoms with Gasteiger partial charge in [0.25, 0.3) is 5.91 Å². The summed E-state index contributed by atoms with van der Waals surface area (Å²) in [5.41, 5.74) is 1.68. The molecule has 1 aliphatic carbocycles. The quantitative estimate of drug-likeness (QED) is 0.318. The average Bonchev–Trinajstić information content (AvgIpc) is 2.59. The second kappa shape index (κ2) is 8.09.